The molecule has 5 heteroatoms. The van der Waals surface area contributed by atoms with Gasteiger partial charge in [-0.2, -0.15) is 0 Å². The van der Waals surface area contributed by atoms with Gasteiger partial charge in [-0.05, 0) is 62.3 Å². The number of carbonyl (C=O) groups is 1. The van der Waals surface area contributed by atoms with Crippen molar-refractivity contribution in [2.45, 2.75) is 58.5 Å². The lowest BCUT2D eigenvalue weighted by Crippen LogP contribution is -2.32. The molecule has 0 unspecified atom stereocenters. The van der Waals surface area contributed by atoms with Gasteiger partial charge in [0.25, 0.3) is 0 Å². The first-order valence-corrected chi connectivity index (χ1v) is 10.8. The van der Waals surface area contributed by atoms with Crippen molar-refractivity contribution >= 4 is 16.9 Å². The Balaban J connectivity index is 1.54. The highest BCUT2D eigenvalue weighted by molar-refractivity contribution is 5.86. The molecule has 5 nitrogen and oxygen atoms in total. The molecule has 1 amide bonds. The maximum atomic E-state index is 12.7. The minimum atomic E-state index is -0.466. The molecule has 162 valence electrons. The van der Waals surface area contributed by atoms with Gasteiger partial charge in [0.2, 0.25) is 5.91 Å². The highest BCUT2D eigenvalue weighted by Crippen LogP contribution is 2.36. The van der Waals surface area contributed by atoms with Gasteiger partial charge in [0.1, 0.15) is 16.9 Å². The second-order valence-electron chi connectivity index (χ2n) is 9.10. The molecule has 0 saturated heterocycles. The molecule has 0 saturated carbocycles. The lowest BCUT2D eigenvalue weighted by Gasteiger charge is -2.32. The topological polar surface area (TPSA) is 68.5 Å². The van der Waals surface area contributed by atoms with Gasteiger partial charge in [-0.15, -0.1) is 0 Å². The molecule has 4 rings (SSSR count). The third-order valence-corrected chi connectivity index (χ3v) is 6.16. The molecule has 1 aliphatic rings. The molecule has 1 aliphatic heterocycles. The van der Waals surface area contributed by atoms with Crippen molar-refractivity contribution in [1.29, 1.82) is 0 Å². The standard InChI is InChI=1S/C26H29NO4/c1-16(18-8-6-5-7-9-18)15-27-24(28)13-21-17(2)20-12-19-10-11-26(3,4)31-22(19)14-23(20)30-25(21)29/h5-9,12,14,16H,10-11,13,15H2,1-4H3,(H,27,28)/t16-/m0/s1. The van der Waals surface area contributed by atoms with Gasteiger partial charge < -0.3 is 14.5 Å². The van der Waals surface area contributed by atoms with E-state index in [-0.39, 0.29) is 23.8 Å². The zero-order chi connectivity index (χ0) is 22.2. The zero-order valence-electron chi connectivity index (χ0n) is 18.6. The Hall–Kier alpha value is -3.08. The van der Waals surface area contributed by atoms with E-state index in [0.717, 1.165) is 35.1 Å². The monoisotopic (exact) mass is 419 g/mol. The molecule has 31 heavy (non-hydrogen) atoms. The van der Waals surface area contributed by atoms with Crippen molar-refractivity contribution in [3.63, 3.8) is 0 Å². The summed E-state index contributed by atoms with van der Waals surface area (Å²) < 4.78 is 11.7. The number of aryl methyl sites for hydroxylation is 2. The number of benzene rings is 2. The van der Waals surface area contributed by atoms with Crippen LogP contribution in [0, 0.1) is 6.92 Å². The second-order valence-corrected chi connectivity index (χ2v) is 9.10. The zero-order valence-corrected chi connectivity index (χ0v) is 18.6. The minimum absolute atomic E-state index is 0.00618. The normalized spacial score (nSPS) is 15.7. The quantitative estimate of drug-likeness (QED) is 0.611. The summed E-state index contributed by atoms with van der Waals surface area (Å²) in [4.78, 5) is 25.2. The Morgan fingerprint density at radius 3 is 2.68 bits per heavy atom. The number of ether oxygens (including phenoxy) is 1. The Bertz CT molecular complexity index is 1180. The van der Waals surface area contributed by atoms with E-state index in [1.165, 1.54) is 5.56 Å². The summed E-state index contributed by atoms with van der Waals surface area (Å²) >= 11 is 0. The van der Waals surface area contributed by atoms with Gasteiger partial charge in [0, 0.05) is 18.0 Å². The van der Waals surface area contributed by atoms with Gasteiger partial charge >= 0.3 is 5.63 Å². The van der Waals surface area contributed by atoms with Gasteiger partial charge in [-0.25, -0.2) is 4.79 Å². The first kappa shape index (κ1) is 21.2. The van der Waals surface area contributed by atoms with Crippen molar-refractivity contribution in [3.05, 3.63) is 75.1 Å². The molecule has 2 heterocycles. The summed E-state index contributed by atoms with van der Waals surface area (Å²) in [5.74, 6) is 0.780. The van der Waals surface area contributed by atoms with E-state index >= 15 is 0 Å². The fraction of sp³-hybridized carbons (Fsp3) is 0.385. The number of amides is 1. The molecular weight excluding hydrogens is 390 g/mol. The maximum Gasteiger partial charge on any atom is 0.340 e. The fourth-order valence-electron chi connectivity index (χ4n) is 4.13. The van der Waals surface area contributed by atoms with Crippen LogP contribution >= 0.6 is 0 Å². The molecule has 0 bridgehead atoms. The number of hydrogen-bond donors (Lipinski definition) is 1. The molecule has 0 spiro atoms. The van der Waals surface area contributed by atoms with E-state index in [1.54, 1.807) is 0 Å². The van der Waals surface area contributed by atoms with Crippen molar-refractivity contribution in [3.8, 4) is 5.75 Å². The van der Waals surface area contributed by atoms with Crippen molar-refractivity contribution in [2.24, 2.45) is 0 Å². The highest BCUT2D eigenvalue weighted by atomic mass is 16.5. The smallest absolute Gasteiger partial charge is 0.340 e. The van der Waals surface area contributed by atoms with Crippen LogP contribution in [-0.4, -0.2) is 18.1 Å². The van der Waals surface area contributed by atoms with Crippen LogP contribution in [0.25, 0.3) is 11.0 Å². The summed E-state index contributed by atoms with van der Waals surface area (Å²) in [6.45, 7) is 8.58. The molecule has 1 N–H and O–H groups in total. The van der Waals surface area contributed by atoms with E-state index in [4.69, 9.17) is 9.15 Å². The van der Waals surface area contributed by atoms with Crippen LogP contribution in [0.5, 0.6) is 5.75 Å². The van der Waals surface area contributed by atoms with Crippen LogP contribution in [0.1, 0.15) is 55.4 Å². The molecule has 1 aromatic heterocycles. The van der Waals surface area contributed by atoms with Crippen molar-refractivity contribution in [1.82, 2.24) is 5.32 Å². The summed E-state index contributed by atoms with van der Waals surface area (Å²) in [6.07, 6.45) is 1.84. The third kappa shape index (κ3) is 4.50. The molecule has 0 aliphatic carbocycles. The fourth-order valence-corrected chi connectivity index (χ4v) is 4.13. The van der Waals surface area contributed by atoms with Gasteiger partial charge in [0.05, 0.1) is 12.0 Å². The summed E-state index contributed by atoms with van der Waals surface area (Å²) in [6, 6.07) is 13.9. The number of carbonyl (C=O) groups excluding carboxylic acids is 1. The van der Waals surface area contributed by atoms with Crippen LogP contribution in [-0.2, 0) is 17.6 Å². The summed E-state index contributed by atoms with van der Waals surface area (Å²) in [7, 11) is 0. The van der Waals surface area contributed by atoms with Crippen molar-refractivity contribution in [2.75, 3.05) is 6.54 Å². The first-order chi connectivity index (χ1) is 14.7. The predicted molar refractivity (Wildman–Crippen MR) is 122 cm³/mol. The molecule has 3 aromatic rings. The van der Waals surface area contributed by atoms with Crippen LogP contribution in [0.15, 0.2) is 51.7 Å². The van der Waals surface area contributed by atoms with E-state index in [9.17, 15) is 9.59 Å². The molecule has 0 fully saturated rings. The van der Waals surface area contributed by atoms with E-state index in [2.05, 4.69) is 26.1 Å². The van der Waals surface area contributed by atoms with Crippen LogP contribution in [0.3, 0.4) is 0 Å². The highest BCUT2D eigenvalue weighted by Gasteiger charge is 2.28. The first-order valence-electron chi connectivity index (χ1n) is 10.8. The number of fused-ring (bicyclic) bond motifs is 2. The van der Waals surface area contributed by atoms with Crippen LogP contribution in [0.4, 0.5) is 0 Å². The summed E-state index contributed by atoms with van der Waals surface area (Å²) in [5.41, 5.74) is 3.28. The summed E-state index contributed by atoms with van der Waals surface area (Å²) in [5, 5.41) is 3.81. The van der Waals surface area contributed by atoms with E-state index in [1.807, 2.05) is 49.4 Å². The Morgan fingerprint density at radius 1 is 1.19 bits per heavy atom. The van der Waals surface area contributed by atoms with Crippen molar-refractivity contribution < 1.29 is 13.9 Å². The third-order valence-electron chi connectivity index (χ3n) is 6.16. The number of nitrogens with one attached hydrogen (secondary N) is 1. The van der Waals surface area contributed by atoms with Crippen LogP contribution in [0.2, 0.25) is 0 Å². The largest absolute Gasteiger partial charge is 0.487 e. The SMILES string of the molecule is Cc1c(CC(=O)NC[C@H](C)c2ccccc2)c(=O)oc2cc3c(cc12)CCC(C)(C)O3. The second kappa shape index (κ2) is 8.22. The van der Waals surface area contributed by atoms with Gasteiger partial charge in [0.15, 0.2) is 0 Å². The predicted octanol–water partition coefficient (Wildman–Crippen LogP) is 4.67. The Kier molecular flexibility index (Phi) is 5.61. The Labute approximate surface area is 182 Å². The average molecular weight is 420 g/mol. The molecule has 2 aromatic carbocycles. The number of hydrogen-bond acceptors (Lipinski definition) is 4. The minimum Gasteiger partial charge on any atom is -0.487 e. The average Bonchev–Trinajstić information content (AvgIpc) is 2.74. The Morgan fingerprint density at radius 2 is 1.94 bits per heavy atom. The van der Waals surface area contributed by atoms with E-state index < -0.39 is 5.63 Å². The number of rotatable bonds is 5. The van der Waals surface area contributed by atoms with Gasteiger partial charge in [-0.3, -0.25) is 4.79 Å². The molecule has 0 radical (unpaired) electrons. The lowest BCUT2D eigenvalue weighted by atomic mass is 9.92. The lowest BCUT2D eigenvalue weighted by molar-refractivity contribution is -0.120. The molecular formula is C26H29NO4. The van der Waals surface area contributed by atoms with E-state index in [0.29, 0.717) is 17.7 Å². The molecule has 1 atom stereocenters. The van der Waals surface area contributed by atoms with Crippen LogP contribution < -0.4 is 15.7 Å². The maximum absolute atomic E-state index is 12.7. The van der Waals surface area contributed by atoms with Gasteiger partial charge in [-0.1, -0.05) is 37.3 Å².